The fraction of sp³-hybridized carbons (Fsp3) is 0.647. The van der Waals surface area contributed by atoms with Gasteiger partial charge in [-0.15, -0.1) is 0 Å². The summed E-state index contributed by atoms with van der Waals surface area (Å²) in [5.41, 5.74) is 1.22. The first-order valence-electron chi connectivity index (χ1n) is 7.87. The molecule has 0 spiro atoms. The van der Waals surface area contributed by atoms with E-state index in [9.17, 15) is 0 Å². The zero-order valence-corrected chi connectivity index (χ0v) is 13.5. The van der Waals surface area contributed by atoms with Crippen LogP contribution in [0.15, 0.2) is 18.2 Å². The summed E-state index contributed by atoms with van der Waals surface area (Å²) >= 11 is 0. The standard InChI is InChI=1S/C17H28N2O2/c1-14(13-19-8-4-5-9-19)11-18-12-15-6-7-16(20-2)17(10-15)21-3/h6-7,10,14,18H,4-5,8-9,11-13H2,1-3H3. The van der Waals surface area contributed by atoms with Crippen LogP contribution in [-0.2, 0) is 6.54 Å². The number of benzene rings is 1. The van der Waals surface area contributed by atoms with Crippen molar-refractivity contribution in [1.82, 2.24) is 10.2 Å². The minimum absolute atomic E-state index is 0.684. The van der Waals surface area contributed by atoms with Crippen LogP contribution in [-0.4, -0.2) is 45.3 Å². The zero-order valence-electron chi connectivity index (χ0n) is 13.5. The molecule has 0 amide bonds. The van der Waals surface area contributed by atoms with Crippen LogP contribution >= 0.6 is 0 Å². The molecule has 1 heterocycles. The molecule has 1 N–H and O–H groups in total. The quantitative estimate of drug-likeness (QED) is 0.798. The highest BCUT2D eigenvalue weighted by Crippen LogP contribution is 2.27. The second-order valence-corrected chi connectivity index (χ2v) is 5.93. The summed E-state index contributed by atoms with van der Waals surface area (Å²) in [7, 11) is 3.34. The van der Waals surface area contributed by atoms with Crippen LogP contribution in [0.25, 0.3) is 0 Å². The predicted octanol–water partition coefficient (Wildman–Crippen LogP) is 2.53. The minimum atomic E-state index is 0.684. The summed E-state index contributed by atoms with van der Waals surface area (Å²) in [4.78, 5) is 2.57. The van der Waals surface area contributed by atoms with Crippen LogP contribution in [0.3, 0.4) is 0 Å². The van der Waals surface area contributed by atoms with E-state index in [4.69, 9.17) is 9.47 Å². The monoisotopic (exact) mass is 292 g/mol. The lowest BCUT2D eigenvalue weighted by Crippen LogP contribution is -2.31. The number of likely N-dealkylation sites (tertiary alicyclic amines) is 1. The molecule has 21 heavy (non-hydrogen) atoms. The highest BCUT2D eigenvalue weighted by Gasteiger charge is 2.14. The maximum absolute atomic E-state index is 5.33. The van der Waals surface area contributed by atoms with Gasteiger partial charge in [-0.3, -0.25) is 0 Å². The molecule has 1 aromatic carbocycles. The number of methoxy groups -OCH3 is 2. The molecule has 0 aliphatic carbocycles. The largest absolute Gasteiger partial charge is 0.493 e. The van der Waals surface area contributed by atoms with Gasteiger partial charge in [-0.2, -0.15) is 0 Å². The number of hydrogen-bond donors (Lipinski definition) is 1. The summed E-state index contributed by atoms with van der Waals surface area (Å²) in [5.74, 6) is 2.26. The molecule has 2 rings (SSSR count). The molecule has 118 valence electrons. The van der Waals surface area contributed by atoms with Gasteiger partial charge in [0.2, 0.25) is 0 Å². The number of hydrogen-bond acceptors (Lipinski definition) is 4. The summed E-state index contributed by atoms with van der Waals surface area (Å²) in [6, 6.07) is 6.08. The van der Waals surface area contributed by atoms with Crippen LogP contribution in [0, 0.1) is 5.92 Å². The average Bonchev–Trinajstić information content (AvgIpc) is 2.99. The van der Waals surface area contributed by atoms with Gasteiger partial charge in [0.1, 0.15) is 0 Å². The van der Waals surface area contributed by atoms with E-state index in [1.165, 1.54) is 38.0 Å². The second kappa shape index (κ2) is 8.25. The third-order valence-electron chi connectivity index (χ3n) is 4.04. The topological polar surface area (TPSA) is 33.7 Å². The van der Waals surface area contributed by atoms with Gasteiger partial charge in [0.25, 0.3) is 0 Å². The van der Waals surface area contributed by atoms with Crippen molar-refractivity contribution in [2.24, 2.45) is 5.92 Å². The number of nitrogens with zero attached hydrogens (tertiary/aromatic N) is 1. The van der Waals surface area contributed by atoms with Gasteiger partial charge in [0.05, 0.1) is 14.2 Å². The van der Waals surface area contributed by atoms with E-state index in [1.807, 2.05) is 12.1 Å². The van der Waals surface area contributed by atoms with E-state index in [0.717, 1.165) is 24.6 Å². The fourth-order valence-electron chi connectivity index (χ4n) is 2.92. The molecule has 1 saturated heterocycles. The van der Waals surface area contributed by atoms with Crippen LogP contribution < -0.4 is 14.8 Å². The SMILES string of the molecule is COc1ccc(CNCC(C)CN2CCCC2)cc1OC. The maximum Gasteiger partial charge on any atom is 0.161 e. The van der Waals surface area contributed by atoms with Crippen molar-refractivity contribution in [3.63, 3.8) is 0 Å². The van der Waals surface area contributed by atoms with Crippen molar-refractivity contribution >= 4 is 0 Å². The van der Waals surface area contributed by atoms with Crippen molar-refractivity contribution in [2.45, 2.75) is 26.3 Å². The van der Waals surface area contributed by atoms with Crippen LogP contribution in [0.5, 0.6) is 11.5 Å². The molecule has 0 radical (unpaired) electrons. The van der Waals surface area contributed by atoms with E-state index in [1.54, 1.807) is 14.2 Å². The highest BCUT2D eigenvalue weighted by molar-refractivity contribution is 5.42. The Hall–Kier alpha value is -1.26. The van der Waals surface area contributed by atoms with Crippen molar-refractivity contribution in [3.05, 3.63) is 23.8 Å². The smallest absolute Gasteiger partial charge is 0.161 e. The Morgan fingerprint density at radius 3 is 2.52 bits per heavy atom. The highest BCUT2D eigenvalue weighted by atomic mass is 16.5. The summed E-state index contributed by atoms with van der Waals surface area (Å²) in [6.45, 7) is 7.99. The van der Waals surface area contributed by atoms with Crippen molar-refractivity contribution in [1.29, 1.82) is 0 Å². The molecule has 4 heteroatoms. The first-order valence-corrected chi connectivity index (χ1v) is 7.87. The lowest BCUT2D eigenvalue weighted by molar-refractivity contribution is 0.282. The van der Waals surface area contributed by atoms with Gasteiger partial charge in [0.15, 0.2) is 11.5 Å². The molecule has 0 aromatic heterocycles. The Kier molecular flexibility index (Phi) is 6.33. The summed E-state index contributed by atoms with van der Waals surface area (Å²) in [5, 5.41) is 3.54. The molecule has 1 unspecified atom stereocenters. The van der Waals surface area contributed by atoms with Gasteiger partial charge in [0, 0.05) is 13.1 Å². The lowest BCUT2D eigenvalue weighted by atomic mass is 10.1. The van der Waals surface area contributed by atoms with Gasteiger partial charge in [-0.05, 0) is 56.1 Å². The Bertz CT molecular complexity index is 431. The fourth-order valence-corrected chi connectivity index (χ4v) is 2.92. The molecule has 1 atom stereocenters. The molecule has 0 saturated carbocycles. The molecular formula is C17H28N2O2. The Morgan fingerprint density at radius 1 is 1.14 bits per heavy atom. The van der Waals surface area contributed by atoms with E-state index in [0.29, 0.717) is 5.92 Å². The summed E-state index contributed by atoms with van der Waals surface area (Å²) < 4.78 is 10.6. The molecule has 4 nitrogen and oxygen atoms in total. The lowest BCUT2D eigenvalue weighted by Gasteiger charge is -2.20. The van der Waals surface area contributed by atoms with Gasteiger partial charge < -0.3 is 19.7 Å². The van der Waals surface area contributed by atoms with Crippen molar-refractivity contribution in [3.8, 4) is 11.5 Å². The molecule has 1 aromatic rings. The minimum Gasteiger partial charge on any atom is -0.493 e. The molecule has 1 aliphatic rings. The van der Waals surface area contributed by atoms with Crippen LogP contribution in [0.1, 0.15) is 25.3 Å². The average molecular weight is 292 g/mol. The normalized spacial score (nSPS) is 16.9. The first-order chi connectivity index (χ1) is 10.2. The number of rotatable bonds is 8. The number of nitrogens with one attached hydrogen (secondary N) is 1. The van der Waals surface area contributed by atoms with E-state index >= 15 is 0 Å². The van der Waals surface area contributed by atoms with Crippen molar-refractivity contribution < 1.29 is 9.47 Å². The third-order valence-corrected chi connectivity index (χ3v) is 4.04. The van der Waals surface area contributed by atoms with E-state index in [-0.39, 0.29) is 0 Å². The van der Waals surface area contributed by atoms with Crippen LogP contribution in [0.2, 0.25) is 0 Å². The Balaban J connectivity index is 1.74. The predicted molar refractivity (Wildman–Crippen MR) is 86.1 cm³/mol. The molecular weight excluding hydrogens is 264 g/mol. The van der Waals surface area contributed by atoms with Crippen LogP contribution in [0.4, 0.5) is 0 Å². The Labute approximate surface area is 128 Å². The van der Waals surface area contributed by atoms with Crippen molar-refractivity contribution in [2.75, 3.05) is 40.4 Å². The van der Waals surface area contributed by atoms with E-state index < -0.39 is 0 Å². The molecule has 1 fully saturated rings. The molecule has 1 aliphatic heterocycles. The van der Waals surface area contributed by atoms with Gasteiger partial charge in [-0.1, -0.05) is 13.0 Å². The number of ether oxygens (including phenoxy) is 2. The Morgan fingerprint density at radius 2 is 1.86 bits per heavy atom. The second-order valence-electron chi connectivity index (χ2n) is 5.93. The maximum atomic E-state index is 5.33. The molecule has 0 bridgehead atoms. The first kappa shape index (κ1) is 16.1. The van der Waals surface area contributed by atoms with Gasteiger partial charge >= 0.3 is 0 Å². The summed E-state index contributed by atoms with van der Waals surface area (Å²) in [6.07, 6.45) is 2.73. The zero-order chi connectivity index (χ0) is 15.1. The third kappa shape index (κ3) is 4.90. The van der Waals surface area contributed by atoms with E-state index in [2.05, 4.69) is 23.2 Å². The van der Waals surface area contributed by atoms with Gasteiger partial charge in [-0.25, -0.2) is 0 Å².